The van der Waals surface area contributed by atoms with Gasteiger partial charge < -0.3 is 5.11 Å². The maximum absolute atomic E-state index is 11.4. The van der Waals surface area contributed by atoms with E-state index in [4.69, 9.17) is 0 Å². The maximum Gasteiger partial charge on any atom is 0.163 e. The molecule has 4 atom stereocenters. The third-order valence-corrected chi connectivity index (χ3v) is 3.42. The first kappa shape index (κ1) is 6.46. The van der Waals surface area contributed by atoms with Crippen LogP contribution in [0.3, 0.4) is 0 Å². The molecule has 0 aromatic rings. The van der Waals surface area contributed by atoms with E-state index in [0.717, 1.165) is 6.42 Å². The van der Waals surface area contributed by atoms with E-state index in [2.05, 4.69) is 12.2 Å². The maximum atomic E-state index is 11.4. The molecule has 0 aromatic heterocycles. The van der Waals surface area contributed by atoms with Gasteiger partial charge >= 0.3 is 0 Å². The van der Waals surface area contributed by atoms with Gasteiger partial charge in [-0.3, -0.25) is 4.79 Å². The van der Waals surface area contributed by atoms with Crippen molar-refractivity contribution < 1.29 is 9.90 Å². The second-order valence-corrected chi connectivity index (χ2v) is 3.97. The van der Waals surface area contributed by atoms with Crippen molar-refractivity contribution in [1.82, 2.24) is 0 Å². The van der Waals surface area contributed by atoms with Gasteiger partial charge in [-0.05, 0) is 18.3 Å². The number of rotatable bonds is 0. The van der Waals surface area contributed by atoms with E-state index in [1.165, 1.54) is 6.08 Å². The molecule has 2 bridgehead atoms. The van der Waals surface area contributed by atoms with Gasteiger partial charge in [0.05, 0.1) is 0 Å². The van der Waals surface area contributed by atoms with Crippen molar-refractivity contribution in [1.29, 1.82) is 0 Å². The Morgan fingerprint density at radius 3 is 2.58 bits per heavy atom. The standard InChI is InChI=1S/C10H10O2/c11-7-4-8(12)10-6-2-1-5(3-6)9(7)10/h1-2,4-6,9-11H,3H2/t5-,6+,9-,10-/m0/s1. The van der Waals surface area contributed by atoms with Crippen molar-refractivity contribution in [2.75, 3.05) is 0 Å². The van der Waals surface area contributed by atoms with Gasteiger partial charge in [-0.25, -0.2) is 0 Å². The first-order valence-electron chi connectivity index (χ1n) is 4.40. The van der Waals surface area contributed by atoms with Crippen LogP contribution in [-0.4, -0.2) is 10.9 Å². The van der Waals surface area contributed by atoms with Crippen molar-refractivity contribution in [2.45, 2.75) is 6.42 Å². The molecule has 0 radical (unpaired) electrons. The van der Waals surface area contributed by atoms with Gasteiger partial charge in [-0.15, -0.1) is 0 Å². The monoisotopic (exact) mass is 162 g/mol. The van der Waals surface area contributed by atoms with Gasteiger partial charge in [-0.1, -0.05) is 12.2 Å². The molecule has 2 heteroatoms. The van der Waals surface area contributed by atoms with Crippen LogP contribution in [0.1, 0.15) is 6.42 Å². The zero-order chi connectivity index (χ0) is 8.29. The number of allylic oxidation sites excluding steroid dienone is 4. The van der Waals surface area contributed by atoms with Crippen molar-refractivity contribution >= 4 is 5.78 Å². The molecular weight excluding hydrogens is 152 g/mol. The van der Waals surface area contributed by atoms with Crippen LogP contribution in [0.4, 0.5) is 0 Å². The van der Waals surface area contributed by atoms with Crippen LogP contribution in [-0.2, 0) is 4.79 Å². The Labute approximate surface area is 70.6 Å². The SMILES string of the molecule is O=C1C=C(O)[C@H]2[C@H]1[C@@H]1C=C[C@H]2C1. The highest BCUT2D eigenvalue weighted by Crippen LogP contribution is 2.53. The van der Waals surface area contributed by atoms with E-state index in [9.17, 15) is 9.90 Å². The first-order chi connectivity index (χ1) is 5.77. The minimum absolute atomic E-state index is 0.0833. The number of hydrogen-bond donors (Lipinski definition) is 1. The summed E-state index contributed by atoms with van der Waals surface area (Å²) in [6.45, 7) is 0. The molecular formula is C10H10O2. The lowest BCUT2D eigenvalue weighted by molar-refractivity contribution is -0.118. The fourth-order valence-corrected chi connectivity index (χ4v) is 2.95. The quantitative estimate of drug-likeness (QED) is 0.547. The lowest BCUT2D eigenvalue weighted by Gasteiger charge is -2.19. The minimum atomic E-state index is 0.0833. The third kappa shape index (κ3) is 0.554. The van der Waals surface area contributed by atoms with Crippen molar-refractivity contribution in [3.63, 3.8) is 0 Å². The summed E-state index contributed by atoms with van der Waals surface area (Å²) in [5, 5.41) is 9.50. The summed E-state index contributed by atoms with van der Waals surface area (Å²) in [6.07, 6.45) is 6.77. The predicted octanol–water partition coefficient (Wildman–Crippen LogP) is 1.45. The summed E-state index contributed by atoms with van der Waals surface area (Å²) < 4.78 is 0. The van der Waals surface area contributed by atoms with E-state index in [1.54, 1.807) is 0 Å². The number of fused-ring (bicyclic) bond motifs is 5. The molecule has 1 saturated carbocycles. The summed E-state index contributed by atoms with van der Waals surface area (Å²) in [5.41, 5.74) is 0. The smallest absolute Gasteiger partial charge is 0.163 e. The van der Waals surface area contributed by atoms with Gasteiger partial charge in [0.2, 0.25) is 0 Å². The summed E-state index contributed by atoms with van der Waals surface area (Å²) in [6, 6.07) is 0. The summed E-state index contributed by atoms with van der Waals surface area (Å²) in [5.74, 6) is 1.51. The Morgan fingerprint density at radius 1 is 1.25 bits per heavy atom. The van der Waals surface area contributed by atoms with Crippen LogP contribution in [0.25, 0.3) is 0 Å². The normalized spacial score (nSPS) is 48.3. The lowest BCUT2D eigenvalue weighted by Crippen LogP contribution is -2.21. The second-order valence-electron chi connectivity index (χ2n) is 3.97. The molecule has 3 aliphatic rings. The molecule has 0 saturated heterocycles. The Kier molecular flexibility index (Phi) is 0.978. The number of aliphatic hydroxyl groups excluding tert-OH is 1. The number of hydrogen-bond acceptors (Lipinski definition) is 2. The molecule has 0 unspecified atom stereocenters. The molecule has 1 N–H and O–H groups in total. The van der Waals surface area contributed by atoms with Crippen LogP contribution >= 0.6 is 0 Å². The third-order valence-electron chi connectivity index (χ3n) is 3.42. The lowest BCUT2D eigenvalue weighted by atomic mass is 9.84. The average Bonchev–Trinajstić information content (AvgIpc) is 2.64. The van der Waals surface area contributed by atoms with Crippen molar-refractivity contribution in [3.8, 4) is 0 Å². The highest BCUT2D eigenvalue weighted by Gasteiger charge is 2.52. The van der Waals surface area contributed by atoms with E-state index in [0.29, 0.717) is 17.6 Å². The Balaban J connectivity index is 2.09. The van der Waals surface area contributed by atoms with Gasteiger partial charge in [-0.2, -0.15) is 0 Å². The van der Waals surface area contributed by atoms with Crippen LogP contribution < -0.4 is 0 Å². The molecule has 1 fully saturated rings. The minimum Gasteiger partial charge on any atom is -0.512 e. The van der Waals surface area contributed by atoms with Gasteiger partial charge in [0.25, 0.3) is 0 Å². The predicted molar refractivity (Wildman–Crippen MR) is 43.4 cm³/mol. The van der Waals surface area contributed by atoms with Crippen LogP contribution in [0, 0.1) is 23.7 Å². The zero-order valence-electron chi connectivity index (χ0n) is 6.60. The number of ketones is 1. The summed E-state index contributed by atoms with van der Waals surface area (Å²) >= 11 is 0. The van der Waals surface area contributed by atoms with Crippen LogP contribution in [0.2, 0.25) is 0 Å². The van der Waals surface area contributed by atoms with E-state index in [-0.39, 0.29) is 17.6 Å². The van der Waals surface area contributed by atoms with Crippen LogP contribution in [0.5, 0.6) is 0 Å². The molecule has 3 rings (SSSR count). The largest absolute Gasteiger partial charge is 0.512 e. The average molecular weight is 162 g/mol. The molecule has 62 valence electrons. The fraction of sp³-hybridized carbons (Fsp3) is 0.500. The number of carbonyl (C=O) groups excluding carboxylic acids is 1. The molecule has 0 amide bonds. The highest BCUT2D eigenvalue weighted by atomic mass is 16.3. The van der Waals surface area contributed by atoms with Gasteiger partial charge in [0, 0.05) is 17.9 Å². The zero-order valence-corrected chi connectivity index (χ0v) is 6.60. The fourth-order valence-electron chi connectivity index (χ4n) is 2.95. The second kappa shape index (κ2) is 1.82. The molecule has 2 nitrogen and oxygen atoms in total. The van der Waals surface area contributed by atoms with Crippen molar-refractivity contribution in [2.24, 2.45) is 23.7 Å². The summed E-state index contributed by atoms with van der Waals surface area (Å²) in [4.78, 5) is 11.4. The van der Waals surface area contributed by atoms with E-state index < -0.39 is 0 Å². The Morgan fingerprint density at radius 2 is 1.92 bits per heavy atom. The van der Waals surface area contributed by atoms with E-state index in [1.807, 2.05) is 0 Å². The van der Waals surface area contributed by atoms with Gasteiger partial charge in [0.15, 0.2) is 5.78 Å². The number of aliphatic hydroxyl groups is 1. The Bertz CT molecular complexity index is 314. The summed E-state index contributed by atoms with van der Waals surface area (Å²) in [7, 11) is 0. The first-order valence-corrected chi connectivity index (χ1v) is 4.40. The molecule has 0 aliphatic heterocycles. The molecule has 0 heterocycles. The van der Waals surface area contributed by atoms with E-state index >= 15 is 0 Å². The van der Waals surface area contributed by atoms with Crippen molar-refractivity contribution in [3.05, 3.63) is 24.0 Å². The Hall–Kier alpha value is -1.05. The molecule has 0 aromatic carbocycles. The topological polar surface area (TPSA) is 37.3 Å². The molecule has 3 aliphatic carbocycles. The number of carbonyl (C=O) groups is 1. The van der Waals surface area contributed by atoms with Gasteiger partial charge in [0.1, 0.15) is 5.76 Å². The van der Waals surface area contributed by atoms with Crippen LogP contribution in [0.15, 0.2) is 24.0 Å². The molecule has 0 spiro atoms. The highest BCUT2D eigenvalue weighted by molar-refractivity contribution is 5.96. The molecule has 12 heavy (non-hydrogen) atoms.